The first-order valence-corrected chi connectivity index (χ1v) is 11.8. The molecule has 0 unspecified atom stereocenters. The summed E-state index contributed by atoms with van der Waals surface area (Å²) in [5.41, 5.74) is 4.81. The highest BCUT2D eigenvalue weighted by atomic mass is 16.4. The van der Waals surface area contributed by atoms with E-state index in [1.807, 2.05) is 16.7 Å². The van der Waals surface area contributed by atoms with E-state index in [2.05, 4.69) is 69.1 Å². The van der Waals surface area contributed by atoms with Crippen LogP contribution in [0, 0.1) is 5.92 Å². The molecule has 34 heavy (non-hydrogen) atoms. The number of benzene rings is 1. The quantitative estimate of drug-likeness (QED) is 0.388. The van der Waals surface area contributed by atoms with Crippen LogP contribution in [0.4, 0.5) is 10.5 Å². The fourth-order valence-electron chi connectivity index (χ4n) is 4.61. The number of amides is 1. The van der Waals surface area contributed by atoms with Gasteiger partial charge >= 0.3 is 6.09 Å². The maximum absolute atomic E-state index is 10.8. The predicted octanol–water partition coefficient (Wildman–Crippen LogP) is 3.54. The number of nitrogens with zero attached hydrogens (tertiary/aromatic N) is 5. The number of carboxylic acid groups (broad SMARTS) is 1. The molecular weight excluding hydrogens is 430 g/mol. The Labute approximate surface area is 197 Å². The Morgan fingerprint density at radius 1 is 1.15 bits per heavy atom. The minimum absolute atomic E-state index is 0.366. The molecule has 1 aliphatic heterocycles. The van der Waals surface area contributed by atoms with Crippen LogP contribution in [0.15, 0.2) is 48.7 Å². The topological polar surface area (TPSA) is 108 Å². The first-order chi connectivity index (χ1) is 16.6. The van der Waals surface area contributed by atoms with Gasteiger partial charge in [0.05, 0.1) is 11.2 Å². The van der Waals surface area contributed by atoms with Crippen LogP contribution in [0.25, 0.3) is 28.1 Å². The fourth-order valence-corrected chi connectivity index (χ4v) is 4.61. The Morgan fingerprint density at radius 2 is 2.00 bits per heavy atom. The lowest BCUT2D eigenvalue weighted by Crippen LogP contribution is -2.38. The van der Waals surface area contributed by atoms with Gasteiger partial charge in [-0.3, -0.25) is 4.40 Å². The molecule has 9 nitrogen and oxygen atoms in total. The van der Waals surface area contributed by atoms with E-state index in [0.717, 1.165) is 72.8 Å². The third kappa shape index (κ3) is 4.51. The van der Waals surface area contributed by atoms with Crippen LogP contribution < -0.4 is 15.5 Å². The number of fused-ring (bicyclic) bond motifs is 2. The summed E-state index contributed by atoms with van der Waals surface area (Å²) >= 11 is 0. The van der Waals surface area contributed by atoms with Gasteiger partial charge in [-0.05, 0) is 55.1 Å². The molecule has 1 fully saturated rings. The van der Waals surface area contributed by atoms with Gasteiger partial charge in [-0.2, -0.15) is 0 Å². The normalized spacial score (nSPS) is 14.7. The number of anilines is 1. The number of aromatic nitrogens is 4. The van der Waals surface area contributed by atoms with Gasteiger partial charge in [0.1, 0.15) is 5.69 Å². The number of hydrogen-bond donors (Lipinski definition) is 3. The average molecular weight is 460 g/mol. The summed E-state index contributed by atoms with van der Waals surface area (Å²) in [4.78, 5) is 18.2. The second kappa shape index (κ2) is 9.64. The average Bonchev–Trinajstić information content (AvgIpc) is 3.29. The highest BCUT2D eigenvalue weighted by Crippen LogP contribution is 2.31. The van der Waals surface area contributed by atoms with Crippen molar-refractivity contribution in [1.29, 1.82) is 0 Å². The summed E-state index contributed by atoms with van der Waals surface area (Å²) in [6.07, 6.45) is 2.94. The Kier molecular flexibility index (Phi) is 6.27. The van der Waals surface area contributed by atoms with Crippen molar-refractivity contribution in [3.63, 3.8) is 0 Å². The molecule has 0 aliphatic carbocycles. The molecule has 0 atom stereocenters. The summed E-state index contributed by atoms with van der Waals surface area (Å²) < 4.78 is 1.98. The van der Waals surface area contributed by atoms with Crippen molar-refractivity contribution in [1.82, 2.24) is 30.2 Å². The van der Waals surface area contributed by atoms with E-state index in [-0.39, 0.29) is 0 Å². The number of pyridine rings is 2. The van der Waals surface area contributed by atoms with E-state index in [0.29, 0.717) is 12.5 Å². The van der Waals surface area contributed by atoms with Gasteiger partial charge in [-0.25, -0.2) is 9.78 Å². The lowest BCUT2D eigenvalue weighted by molar-refractivity contribution is 0.191. The lowest BCUT2D eigenvalue weighted by Gasteiger charge is -2.34. The molecule has 4 aromatic rings. The molecule has 1 saturated heterocycles. The zero-order chi connectivity index (χ0) is 23.5. The first-order valence-electron chi connectivity index (χ1n) is 11.8. The third-order valence-electron chi connectivity index (χ3n) is 6.48. The lowest BCUT2D eigenvalue weighted by atomic mass is 9.96. The number of nitrogens with one attached hydrogen (secondary N) is 2. The summed E-state index contributed by atoms with van der Waals surface area (Å²) in [6, 6.07) is 14.5. The Bertz CT molecular complexity index is 1310. The second-order valence-corrected chi connectivity index (χ2v) is 8.73. The van der Waals surface area contributed by atoms with Gasteiger partial charge in [0, 0.05) is 37.8 Å². The fraction of sp³-hybridized carbons (Fsp3) is 0.360. The maximum Gasteiger partial charge on any atom is 0.404 e. The molecule has 4 heterocycles. The summed E-state index contributed by atoms with van der Waals surface area (Å²) in [6.45, 7) is 6.07. The predicted molar refractivity (Wildman–Crippen MR) is 132 cm³/mol. The van der Waals surface area contributed by atoms with Crippen LogP contribution in [0.3, 0.4) is 0 Å². The van der Waals surface area contributed by atoms with E-state index in [4.69, 9.17) is 10.1 Å². The van der Waals surface area contributed by atoms with Crippen LogP contribution >= 0.6 is 0 Å². The van der Waals surface area contributed by atoms with Crippen LogP contribution in [-0.4, -0.2) is 57.0 Å². The maximum atomic E-state index is 10.8. The van der Waals surface area contributed by atoms with Gasteiger partial charge in [-0.1, -0.05) is 25.1 Å². The van der Waals surface area contributed by atoms with E-state index < -0.39 is 6.09 Å². The zero-order valence-corrected chi connectivity index (χ0v) is 19.2. The minimum Gasteiger partial charge on any atom is -0.465 e. The molecule has 1 aliphatic rings. The van der Waals surface area contributed by atoms with Crippen molar-refractivity contribution in [3.05, 3.63) is 54.2 Å². The van der Waals surface area contributed by atoms with Crippen molar-refractivity contribution >= 4 is 28.3 Å². The van der Waals surface area contributed by atoms with E-state index in [9.17, 15) is 4.79 Å². The molecular formula is C25H29N7O2. The molecule has 9 heteroatoms. The number of para-hydroxylation sites is 1. The van der Waals surface area contributed by atoms with E-state index >= 15 is 0 Å². The zero-order valence-electron chi connectivity index (χ0n) is 19.2. The molecule has 1 aromatic carbocycles. The van der Waals surface area contributed by atoms with Crippen molar-refractivity contribution < 1.29 is 9.90 Å². The monoisotopic (exact) mass is 459 g/mol. The van der Waals surface area contributed by atoms with Gasteiger partial charge in [0.2, 0.25) is 0 Å². The Hall–Kier alpha value is -3.72. The van der Waals surface area contributed by atoms with Crippen molar-refractivity contribution in [3.8, 4) is 11.5 Å². The minimum atomic E-state index is -0.955. The van der Waals surface area contributed by atoms with Crippen LogP contribution in [0.1, 0.15) is 25.3 Å². The molecule has 3 aromatic heterocycles. The van der Waals surface area contributed by atoms with E-state index in [1.54, 1.807) is 0 Å². The van der Waals surface area contributed by atoms with Crippen LogP contribution in [0.2, 0.25) is 0 Å². The number of hydrogen-bond acceptors (Lipinski definition) is 6. The Morgan fingerprint density at radius 3 is 2.79 bits per heavy atom. The summed E-state index contributed by atoms with van der Waals surface area (Å²) in [5.74, 6) is 1.09. The van der Waals surface area contributed by atoms with Crippen LogP contribution in [-0.2, 0) is 6.54 Å². The molecule has 5 rings (SSSR count). The molecule has 0 saturated carbocycles. The highest BCUT2D eigenvalue weighted by Gasteiger charge is 2.22. The first kappa shape index (κ1) is 22.1. The van der Waals surface area contributed by atoms with Crippen LogP contribution in [0.5, 0.6) is 0 Å². The smallest absolute Gasteiger partial charge is 0.404 e. The SMILES string of the molecule is CCNCc1ccn2c(-c3ccc4cccc(N5CCC(CNC(=O)O)CC5)c4n3)nnc2c1. The molecule has 0 radical (unpaired) electrons. The Balaban J connectivity index is 1.42. The molecule has 0 spiro atoms. The third-order valence-corrected chi connectivity index (χ3v) is 6.48. The summed E-state index contributed by atoms with van der Waals surface area (Å²) in [7, 11) is 0. The highest BCUT2D eigenvalue weighted by molar-refractivity contribution is 5.92. The molecule has 0 bridgehead atoms. The molecule has 1 amide bonds. The second-order valence-electron chi connectivity index (χ2n) is 8.73. The van der Waals surface area contributed by atoms with Crippen molar-refractivity contribution in [2.45, 2.75) is 26.3 Å². The standard InChI is InChI=1S/C25H29N7O2/c1-2-26-15-18-10-13-32-22(14-18)29-30-24(32)20-7-6-19-4-3-5-21(23(19)28-20)31-11-8-17(9-12-31)16-27-25(33)34/h3-7,10,13-14,17,26-27H,2,8-9,11-12,15-16H2,1H3,(H,33,34). The van der Waals surface area contributed by atoms with Gasteiger partial charge in [0.25, 0.3) is 0 Å². The van der Waals surface area contributed by atoms with Crippen molar-refractivity contribution in [2.75, 3.05) is 31.1 Å². The van der Waals surface area contributed by atoms with Gasteiger partial charge < -0.3 is 20.6 Å². The number of piperidine rings is 1. The molecule has 3 N–H and O–H groups in total. The largest absolute Gasteiger partial charge is 0.465 e. The number of carbonyl (C=O) groups is 1. The van der Waals surface area contributed by atoms with Gasteiger partial charge in [-0.15, -0.1) is 10.2 Å². The van der Waals surface area contributed by atoms with Gasteiger partial charge in [0.15, 0.2) is 11.5 Å². The summed E-state index contributed by atoms with van der Waals surface area (Å²) in [5, 5.41) is 24.6. The van der Waals surface area contributed by atoms with E-state index in [1.165, 1.54) is 5.56 Å². The number of rotatable bonds is 7. The molecule has 176 valence electrons. The van der Waals surface area contributed by atoms with Crippen molar-refractivity contribution in [2.24, 2.45) is 5.92 Å².